The number of piperidine rings is 1. The first-order chi connectivity index (χ1) is 12.7. The van der Waals surface area contributed by atoms with Gasteiger partial charge in [0.1, 0.15) is 5.82 Å². The van der Waals surface area contributed by atoms with Gasteiger partial charge in [-0.1, -0.05) is 24.3 Å². The number of hydrogen-bond acceptors (Lipinski definition) is 4. The highest BCUT2D eigenvalue weighted by molar-refractivity contribution is 5.33. The molecule has 1 aromatic carbocycles. The third-order valence-electron chi connectivity index (χ3n) is 4.80. The van der Waals surface area contributed by atoms with Crippen LogP contribution in [-0.2, 0) is 6.54 Å². The maximum absolute atomic E-state index is 13.1. The molecule has 4 rings (SSSR count). The van der Waals surface area contributed by atoms with Crippen molar-refractivity contribution in [3.05, 3.63) is 76.2 Å². The van der Waals surface area contributed by atoms with E-state index in [9.17, 15) is 4.79 Å². The number of pyridine rings is 1. The van der Waals surface area contributed by atoms with Crippen molar-refractivity contribution in [1.82, 2.24) is 24.6 Å². The van der Waals surface area contributed by atoms with Gasteiger partial charge in [-0.2, -0.15) is 5.10 Å². The van der Waals surface area contributed by atoms with Gasteiger partial charge < -0.3 is 5.32 Å². The van der Waals surface area contributed by atoms with Gasteiger partial charge in [0, 0.05) is 18.2 Å². The normalized spacial score (nSPS) is 17.3. The Morgan fingerprint density at radius 3 is 2.73 bits per heavy atom. The van der Waals surface area contributed by atoms with Gasteiger partial charge in [-0.25, -0.2) is 14.0 Å². The zero-order chi connectivity index (χ0) is 17.9. The molecule has 1 N–H and O–H groups in total. The molecule has 1 atom stereocenters. The average Bonchev–Trinajstić information content (AvgIpc) is 2.99. The molecule has 1 aliphatic rings. The predicted molar refractivity (Wildman–Crippen MR) is 101 cm³/mol. The summed E-state index contributed by atoms with van der Waals surface area (Å²) in [5, 5.41) is 8.14. The minimum absolute atomic E-state index is 0.111. The second-order valence-corrected chi connectivity index (χ2v) is 6.78. The van der Waals surface area contributed by atoms with E-state index in [1.54, 1.807) is 9.25 Å². The zero-order valence-corrected chi connectivity index (χ0v) is 14.9. The van der Waals surface area contributed by atoms with E-state index in [-0.39, 0.29) is 11.6 Å². The molecule has 6 heteroatoms. The van der Waals surface area contributed by atoms with Crippen LogP contribution in [0.25, 0.3) is 5.69 Å². The topological polar surface area (TPSA) is 64.7 Å². The highest BCUT2D eigenvalue weighted by Crippen LogP contribution is 2.23. The molecule has 0 unspecified atom stereocenters. The molecule has 1 aliphatic heterocycles. The van der Waals surface area contributed by atoms with Crippen LogP contribution in [0.5, 0.6) is 0 Å². The molecule has 1 fully saturated rings. The Morgan fingerprint density at radius 2 is 2.00 bits per heavy atom. The van der Waals surface area contributed by atoms with Gasteiger partial charge in [0.2, 0.25) is 0 Å². The molecule has 2 aromatic heterocycles. The summed E-state index contributed by atoms with van der Waals surface area (Å²) in [6.45, 7) is 4.22. The Bertz CT molecular complexity index is 938. The number of para-hydroxylation sites is 1. The quantitative estimate of drug-likeness (QED) is 0.785. The van der Waals surface area contributed by atoms with Crippen LogP contribution in [-0.4, -0.2) is 32.4 Å². The second kappa shape index (κ2) is 7.25. The Kier molecular flexibility index (Phi) is 4.67. The Balaban J connectivity index is 1.78. The summed E-state index contributed by atoms with van der Waals surface area (Å²) in [5.41, 5.74) is 2.54. The molecule has 0 spiro atoms. The van der Waals surface area contributed by atoms with Crippen LogP contribution >= 0.6 is 0 Å². The lowest BCUT2D eigenvalue weighted by Crippen LogP contribution is -2.31. The van der Waals surface area contributed by atoms with Crippen LogP contribution in [0, 0.1) is 6.92 Å². The van der Waals surface area contributed by atoms with E-state index in [0.717, 1.165) is 48.8 Å². The largest absolute Gasteiger partial charge is 0.350 e. The van der Waals surface area contributed by atoms with Crippen molar-refractivity contribution in [2.24, 2.45) is 0 Å². The number of benzene rings is 1. The van der Waals surface area contributed by atoms with Gasteiger partial charge in [0.15, 0.2) is 0 Å². The standard InChI is InChI=1S/C20H23N5O/c1-15-7-5-9-17(22-15)14-24-20(26)25(18-10-3-2-4-11-18)19(23-24)16-8-6-12-21-13-16/h2-5,7,9-11,16,21H,6,8,12-14H2,1H3/t16-/m1/s1. The number of aryl methyl sites for hydroxylation is 1. The van der Waals surface area contributed by atoms with E-state index < -0.39 is 0 Å². The van der Waals surface area contributed by atoms with Crippen LogP contribution in [0.15, 0.2) is 53.3 Å². The number of hydrogen-bond donors (Lipinski definition) is 1. The lowest BCUT2D eigenvalue weighted by Gasteiger charge is -2.22. The van der Waals surface area contributed by atoms with Crippen molar-refractivity contribution in [3.8, 4) is 5.69 Å². The molecule has 134 valence electrons. The fraction of sp³-hybridized carbons (Fsp3) is 0.350. The molecule has 3 heterocycles. The minimum atomic E-state index is -0.111. The molecule has 0 saturated carbocycles. The Labute approximate surface area is 152 Å². The first-order valence-electron chi connectivity index (χ1n) is 9.11. The summed E-state index contributed by atoms with van der Waals surface area (Å²) < 4.78 is 3.30. The second-order valence-electron chi connectivity index (χ2n) is 6.78. The lowest BCUT2D eigenvalue weighted by atomic mass is 9.99. The average molecular weight is 349 g/mol. The van der Waals surface area contributed by atoms with Crippen LogP contribution in [0.3, 0.4) is 0 Å². The van der Waals surface area contributed by atoms with Crippen LogP contribution in [0.2, 0.25) is 0 Å². The van der Waals surface area contributed by atoms with Crippen molar-refractivity contribution >= 4 is 0 Å². The highest BCUT2D eigenvalue weighted by atomic mass is 16.2. The number of rotatable bonds is 4. The maximum atomic E-state index is 13.1. The summed E-state index contributed by atoms with van der Waals surface area (Å²) in [4.78, 5) is 17.6. The minimum Gasteiger partial charge on any atom is -0.316 e. The molecular formula is C20H23N5O. The first kappa shape index (κ1) is 16.7. The van der Waals surface area contributed by atoms with Gasteiger partial charge in [0.25, 0.3) is 0 Å². The van der Waals surface area contributed by atoms with E-state index in [2.05, 4.69) is 10.3 Å². The monoisotopic (exact) mass is 349 g/mol. The van der Waals surface area contributed by atoms with Crippen molar-refractivity contribution < 1.29 is 0 Å². The van der Waals surface area contributed by atoms with Crippen molar-refractivity contribution in [3.63, 3.8) is 0 Å². The smallest absolute Gasteiger partial charge is 0.316 e. The van der Waals surface area contributed by atoms with Gasteiger partial charge in [-0.3, -0.25) is 4.98 Å². The number of nitrogens with zero attached hydrogens (tertiary/aromatic N) is 4. The Hall–Kier alpha value is -2.73. The highest BCUT2D eigenvalue weighted by Gasteiger charge is 2.24. The van der Waals surface area contributed by atoms with E-state index in [1.165, 1.54) is 0 Å². The van der Waals surface area contributed by atoms with Gasteiger partial charge >= 0.3 is 5.69 Å². The zero-order valence-electron chi connectivity index (χ0n) is 14.9. The molecular weight excluding hydrogens is 326 g/mol. The fourth-order valence-corrected chi connectivity index (χ4v) is 3.52. The SMILES string of the molecule is Cc1cccc(Cn2nc([C@@H]3CCCNC3)n(-c3ccccc3)c2=O)n1. The van der Waals surface area contributed by atoms with Gasteiger partial charge in [-0.05, 0) is 50.6 Å². The first-order valence-corrected chi connectivity index (χ1v) is 9.11. The summed E-state index contributed by atoms with van der Waals surface area (Å²) in [5.74, 6) is 1.07. The maximum Gasteiger partial charge on any atom is 0.350 e. The summed E-state index contributed by atoms with van der Waals surface area (Å²) >= 11 is 0. The molecule has 6 nitrogen and oxygen atoms in total. The van der Waals surface area contributed by atoms with Crippen molar-refractivity contribution in [2.45, 2.75) is 32.2 Å². The molecule has 0 amide bonds. The van der Waals surface area contributed by atoms with E-state index in [1.807, 2.05) is 55.5 Å². The number of nitrogens with one attached hydrogen (secondary N) is 1. The van der Waals surface area contributed by atoms with Crippen LogP contribution < -0.4 is 11.0 Å². The molecule has 1 saturated heterocycles. The third kappa shape index (κ3) is 3.32. The lowest BCUT2D eigenvalue weighted by molar-refractivity contribution is 0.439. The van der Waals surface area contributed by atoms with Crippen molar-refractivity contribution in [2.75, 3.05) is 13.1 Å². The van der Waals surface area contributed by atoms with E-state index >= 15 is 0 Å². The molecule has 26 heavy (non-hydrogen) atoms. The van der Waals surface area contributed by atoms with Gasteiger partial charge in [0.05, 0.1) is 17.9 Å². The summed E-state index contributed by atoms with van der Waals surface area (Å²) in [7, 11) is 0. The molecule has 0 aliphatic carbocycles. The predicted octanol–water partition coefficient (Wildman–Crippen LogP) is 2.25. The van der Waals surface area contributed by atoms with Crippen LogP contribution in [0.4, 0.5) is 0 Å². The molecule has 0 bridgehead atoms. The van der Waals surface area contributed by atoms with Gasteiger partial charge in [-0.15, -0.1) is 0 Å². The van der Waals surface area contributed by atoms with E-state index in [4.69, 9.17) is 5.10 Å². The Morgan fingerprint density at radius 1 is 1.15 bits per heavy atom. The molecule has 0 radical (unpaired) electrons. The summed E-state index contributed by atoms with van der Waals surface area (Å²) in [6, 6.07) is 15.6. The van der Waals surface area contributed by atoms with Crippen LogP contribution in [0.1, 0.15) is 36.0 Å². The van der Waals surface area contributed by atoms with Crippen molar-refractivity contribution in [1.29, 1.82) is 0 Å². The summed E-state index contributed by atoms with van der Waals surface area (Å²) in [6.07, 6.45) is 2.14. The van der Waals surface area contributed by atoms with E-state index in [0.29, 0.717) is 6.54 Å². The molecule has 3 aromatic rings. The fourth-order valence-electron chi connectivity index (χ4n) is 3.52. The third-order valence-corrected chi connectivity index (χ3v) is 4.80. The number of aromatic nitrogens is 4.